The molecule has 2 heterocycles. The number of hydrogen-bond acceptors (Lipinski definition) is 4. The highest BCUT2D eigenvalue weighted by Gasteiger charge is 2.21. The first kappa shape index (κ1) is 15.0. The van der Waals surface area contributed by atoms with Crippen LogP contribution in [-0.2, 0) is 12.8 Å². The van der Waals surface area contributed by atoms with Crippen LogP contribution in [0.2, 0.25) is 0 Å². The molecule has 0 unspecified atom stereocenters. The third kappa shape index (κ3) is 2.50. The SMILES string of the molecule is O=C(Nc1cccc(F)c1)c1cnc2sc3c(n2c1=O)CCCC3. The van der Waals surface area contributed by atoms with Crippen molar-refractivity contribution in [3.8, 4) is 0 Å². The molecule has 1 aliphatic rings. The zero-order valence-electron chi connectivity index (χ0n) is 12.7. The van der Waals surface area contributed by atoms with Crippen LogP contribution in [0.15, 0.2) is 35.3 Å². The fraction of sp³-hybridized carbons (Fsp3) is 0.235. The van der Waals surface area contributed by atoms with E-state index in [9.17, 15) is 14.0 Å². The molecule has 0 spiro atoms. The number of anilines is 1. The Bertz CT molecular complexity index is 1010. The molecule has 7 heteroatoms. The lowest BCUT2D eigenvalue weighted by atomic mass is 10.0. The van der Waals surface area contributed by atoms with Gasteiger partial charge in [-0.15, -0.1) is 11.3 Å². The van der Waals surface area contributed by atoms with E-state index in [0.29, 0.717) is 10.6 Å². The van der Waals surface area contributed by atoms with Gasteiger partial charge >= 0.3 is 0 Å². The van der Waals surface area contributed by atoms with Crippen molar-refractivity contribution in [1.82, 2.24) is 9.38 Å². The van der Waals surface area contributed by atoms with E-state index in [4.69, 9.17) is 0 Å². The number of halogens is 1. The molecule has 0 fully saturated rings. The first-order valence-electron chi connectivity index (χ1n) is 7.73. The van der Waals surface area contributed by atoms with E-state index in [1.54, 1.807) is 10.5 Å². The lowest BCUT2D eigenvalue weighted by Gasteiger charge is -2.10. The summed E-state index contributed by atoms with van der Waals surface area (Å²) in [4.78, 5) is 31.2. The number of aromatic nitrogens is 2. The van der Waals surface area contributed by atoms with E-state index in [2.05, 4.69) is 10.3 Å². The molecule has 0 bridgehead atoms. The molecule has 0 saturated heterocycles. The minimum Gasteiger partial charge on any atom is -0.322 e. The summed E-state index contributed by atoms with van der Waals surface area (Å²) in [7, 11) is 0. The fourth-order valence-corrected chi connectivity index (χ4v) is 4.16. The summed E-state index contributed by atoms with van der Waals surface area (Å²) in [6, 6.07) is 5.55. The van der Waals surface area contributed by atoms with Gasteiger partial charge < -0.3 is 5.32 Å². The maximum atomic E-state index is 13.2. The summed E-state index contributed by atoms with van der Waals surface area (Å²) < 4.78 is 14.8. The van der Waals surface area contributed by atoms with Gasteiger partial charge in [-0.2, -0.15) is 0 Å². The van der Waals surface area contributed by atoms with E-state index >= 15 is 0 Å². The molecule has 0 radical (unpaired) electrons. The maximum Gasteiger partial charge on any atom is 0.271 e. The van der Waals surface area contributed by atoms with Crippen molar-refractivity contribution in [2.24, 2.45) is 0 Å². The second-order valence-corrected chi connectivity index (χ2v) is 6.80. The average molecular weight is 343 g/mol. The van der Waals surface area contributed by atoms with Crippen LogP contribution < -0.4 is 10.9 Å². The van der Waals surface area contributed by atoms with Gasteiger partial charge in [-0.3, -0.25) is 14.0 Å². The summed E-state index contributed by atoms with van der Waals surface area (Å²) in [6.45, 7) is 0. The average Bonchev–Trinajstić information content (AvgIpc) is 2.94. The Morgan fingerprint density at radius 2 is 2.12 bits per heavy atom. The Hall–Kier alpha value is -2.54. The van der Waals surface area contributed by atoms with Crippen molar-refractivity contribution in [2.45, 2.75) is 25.7 Å². The third-order valence-corrected chi connectivity index (χ3v) is 5.29. The Labute approximate surface area is 140 Å². The Morgan fingerprint density at radius 3 is 2.96 bits per heavy atom. The highest BCUT2D eigenvalue weighted by Crippen LogP contribution is 2.28. The molecule has 2 aromatic heterocycles. The van der Waals surface area contributed by atoms with E-state index in [1.165, 1.54) is 40.6 Å². The number of hydrogen-bond donors (Lipinski definition) is 1. The quantitative estimate of drug-likeness (QED) is 0.778. The molecule has 4 rings (SSSR count). The predicted octanol–water partition coefficient (Wildman–Crippen LogP) is 3.03. The van der Waals surface area contributed by atoms with Crippen LogP contribution in [0.5, 0.6) is 0 Å². The first-order valence-corrected chi connectivity index (χ1v) is 8.54. The number of aryl methyl sites for hydroxylation is 2. The van der Waals surface area contributed by atoms with Crippen molar-refractivity contribution in [2.75, 3.05) is 5.32 Å². The Balaban J connectivity index is 1.75. The largest absolute Gasteiger partial charge is 0.322 e. The number of fused-ring (bicyclic) bond motifs is 3. The van der Waals surface area contributed by atoms with Crippen molar-refractivity contribution in [1.29, 1.82) is 0 Å². The zero-order chi connectivity index (χ0) is 16.7. The van der Waals surface area contributed by atoms with E-state index in [1.807, 2.05) is 0 Å². The van der Waals surface area contributed by atoms with Gasteiger partial charge in [0.1, 0.15) is 11.4 Å². The highest BCUT2D eigenvalue weighted by atomic mass is 32.1. The number of thiazole rings is 1. The molecular formula is C17H14FN3O2S. The number of rotatable bonds is 2. The van der Waals surface area contributed by atoms with Gasteiger partial charge in [-0.05, 0) is 43.9 Å². The number of nitrogens with one attached hydrogen (secondary N) is 1. The Kier molecular flexibility index (Phi) is 3.65. The van der Waals surface area contributed by atoms with Crippen LogP contribution in [0, 0.1) is 5.82 Å². The van der Waals surface area contributed by atoms with E-state index in [0.717, 1.165) is 31.4 Å². The first-order chi connectivity index (χ1) is 11.6. The molecule has 5 nitrogen and oxygen atoms in total. The third-order valence-electron chi connectivity index (χ3n) is 4.13. The molecule has 122 valence electrons. The Morgan fingerprint density at radius 1 is 1.29 bits per heavy atom. The summed E-state index contributed by atoms with van der Waals surface area (Å²) in [5, 5.41) is 2.55. The molecule has 0 aliphatic heterocycles. The van der Waals surface area contributed by atoms with Gasteiger partial charge in [-0.1, -0.05) is 6.07 Å². The summed E-state index contributed by atoms with van der Waals surface area (Å²) in [6.07, 6.45) is 5.22. The molecule has 1 amide bonds. The summed E-state index contributed by atoms with van der Waals surface area (Å²) >= 11 is 1.51. The predicted molar refractivity (Wildman–Crippen MR) is 90.3 cm³/mol. The molecule has 1 N–H and O–H groups in total. The van der Waals surface area contributed by atoms with Crippen molar-refractivity contribution in [3.63, 3.8) is 0 Å². The normalized spacial score (nSPS) is 13.7. The molecule has 24 heavy (non-hydrogen) atoms. The molecule has 1 aromatic carbocycles. The van der Waals surface area contributed by atoms with Gasteiger partial charge in [0.2, 0.25) is 0 Å². The maximum absolute atomic E-state index is 13.2. The summed E-state index contributed by atoms with van der Waals surface area (Å²) in [5.74, 6) is -1.03. The van der Waals surface area contributed by atoms with Crippen LogP contribution in [0.1, 0.15) is 33.8 Å². The fourth-order valence-electron chi connectivity index (χ4n) is 2.99. The minimum absolute atomic E-state index is 0.0389. The van der Waals surface area contributed by atoms with Gasteiger partial charge in [0.05, 0.1) is 0 Å². The van der Waals surface area contributed by atoms with E-state index in [-0.39, 0.29) is 11.1 Å². The highest BCUT2D eigenvalue weighted by molar-refractivity contribution is 7.17. The lowest BCUT2D eigenvalue weighted by molar-refractivity contribution is 0.102. The van der Waals surface area contributed by atoms with Crippen molar-refractivity contribution in [3.05, 3.63) is 62.8 Å². The second-order valence-electron chi connectivity index (χ2n) is 5.74. The number of amides is 1. The van der Waals surface area contributed by atoms with Gasteiger partial charge in [0.15, 0.2) is 4.96 Å². The molecular weight excluding hydrogens is 329 g/mol. The number of nitrogens with zero attached hydrogens (tertiary/aromatic N) is 2. The molecule has 3 aromatic rings. The van der Waals surface area contributed by atoms with Crippen molar-refractivity contribution < 1.29 is 9.18 Å². The summed E-state index contributed by atoms with van der Waals surface area (Å²) in [5.41, 5.74) is 0.868. The van der Waals surface area contributed by atoms with Gasteiger partial charge in [0, 0.05) is 22.5 Å². The second kappa shape index (κ2) is 5.83. The van der Waals surface area contributed by atoms with Crippen molar-refractivity contribution >= 4 is 27.9 Å². The van der Waals surface area contributed by atoms with E-state index < -0.39 is 11.7 Å². The van der Waals surface area contributed by atoms with Crippen LogP contribution >= 0.6 is 11.3 Å². The monoisotopic (exact) mass is 343 g/mol. The van der Waals surface area contributed by atoms with Gasteiger partial charge in [-0.25, -0.2) is 9.37 Å². The van der Waals surface area contributed by atoms with Crippen LogP contribution in [-0.4, -0.2) is 15.3 Å². The number of carbonyl (C=O) groups excluding carboxylic acids is 1. The van der Waals surface area contributed by atoms with Crippen LogP contribution in [0.4, 0.5) is 10.1 Å². The molecule has 1 aliphatic carbocycles. The molecule has 0 saturated carbocycles. The number of benzene rings is 1. The standard InChI is InChI=1S/C17H14FN3O2S/c18-10-4-3-5-11(8-10)20-15(22)12-9-19-17-21(16(12)23)13-6-1-2-7-14(13)24-17/h3-5,8-9H,1-2,6-7H2,(H,20,22). The molecule has 0 atom stereocenters. The minimum atomic E-state index is -0.580. The number of carbonyl (C=O) groups is 1. The van der Waals surface area contributed by atoms with Crippen LogP contribution in [0.25, 0.3) is 4.96 Å². The topological polar surface area (TPSA) is 63.5 Å². The smallest absolute Gasteiger partial charge is 0.271 e. The van der Waals surface area contributed by atoms with Gasteiger partial charge in [0.25, 0.3) is 11.5 Å². The zero-order valence-corrected chi connectivity index (χ0v) is 13.5. The van der Waals surface area contributed by atoms with Crippen LogP contribution in [0.3, 0.4) is 0 Å². The lowest BCUT2D eigenvalue weighted by Crippen LogP contribution is -2.27.